The molecule has 6 aromatic carbocycles. The highest BCUT2D eigenvalue weighted by Gasteiger charge is 2.19. The smallest absolute Gasteiger partial charge is 0.238 e. The number of nitrogens with zero attached hydrogens (tertiary/aromatic N) is 5. The molecule has 5 heteroatoms. The van der Waals surface area contributed by atoms with Gasteiger partial charge >= 0.3 is 0 Å². The van der Waals surface area contributed by atoms with Crippen LogP contribution in [0.3, 0.4) is 0 Å². The van der Waals surface area contributed by atoms with Crippen LogP contribution in [0.5, 0.6) is 0 Å². The van der Waals surface area contributed by atoms with Crippen molar-refractivity contribution >= 4 is 43.6 Å². The lowest BCUT2D eigenvalue weighted by atomic mass is 10.0. The first-order valence-corrected chi connectivity index (χ1v) is 15.1. The molecule has 3 heterocycles. The largest absolute Gasteiger partial charge is 0.309 e. The summed E-state index contributed by atoms with van der Waals surface area (Å²) in [5.74, 6) is 1.96. The highest BCUT2D eigenvalue weighted by molar-refractivity contribution is 6.13. The number of para-hydroxylation sites is 4. The predicted molar refractivity (Wildman–Crippen MR) is 184 cm³/mol. The van der Waals surface area contributed by atoms with Gasteiger partial charge in [0.15, 0.2) is 5.82 Å². The van der Waals surface area contributed by atoms with E-state index in [0.717, 1.165) is 44.2 Å². The first-order valence-electron chi connectivity index (χ1n) is 15.1. The lowest BCUT2D eigenvalue weighted by Gasteiger charge is -2.13. The molecule has 0 fully saturated rings. The van der Waals surface area contributed by atoms with E-state index < -0.39 is 0 Å². The van der Waals surface area contributed by atoms with Gasteiger partial charge in [0, 0.05) is 38.4 Å². The van der Waals surface area contributed by atoms with Crippen molar-refractivity contribution in [2.75, 3.05) is 0 Å². The standard InChI is InChI=1S/C40H27N5/c1-26-41-39(28-12-3-2-4-13-28)43-40(42-26)45-37-21-10-7-16-33(37)34-18-11-17-30(38(34)45)27-22-24-29(25-23-27)44-35-19-8-5-14-31(35)32-15-6-9-20-36(32)44/h2-25H,1H3. The minimum atomic E-state index is 0.613. The van der Waals surface area contributed by atoms with Crippen LogP contribution in [0.25, 0.3) is 77.8 Å². The molecule has 5 nitrogen and oxygen atoms in total. The minimum Gasteiger partial charge on any atom is -0.309 e. The van der Waals surface area contributed by atoms with E-state index in [9.17, 15) is 0 Å². The number of aromatic nitrogens is 5. The molecular formula is C40H27N5. The van der Waals surface area contributed by atoms with Gasteiger partial charge in [-0.25, -0.2) is 4.98 Å². The van der Waals surface area contributed by atoms with Crippen LogP contribution in [-0.2, 0) is 0 Å². The van der Waals surface area contributed by atoms with Gasteiger partial charge in [0.1, 0.15) is 5.82 Å². The molecule has 0 unspecified atom stereocenters. The van der Waals surface area contributed by atoms with E-state index in [2.05, 4.69) is 124 Å². The lowest BCUT2D eigenvalue weighted by molar-refractivity contribution is 0.907. The van der Waals surface area contributed by atoms with Gasteiger partial charge < -0.3 is 4.57 Å². The molecule has 0 aliphatic rings. The Balaban J connectivity index is 1.26. The van der Waals surface area contributed by atoms with Gasteiger partial charge in [-0.15, -0.1) is 0 Å². The molecule has 0 spiro atoms. The summed E-state index contributed by atoms with van der Waals surface area (Å²) in [4.78, 5) is 14.6. The molecule has 0 saturated heterocycles. The molecule has 45 heavy (non-hydrogen) atoms. The zero-order chi connectivity index (χ0) is 29.9. The summed E-state index contributed by atoms with van der Waals surface area (Å²) in [6.45, 7) is 1.93. The van der Waals surface area contributed by atoms with E-state index in [0.29, 0.717) is 17.6 Å². The maximum atomic E-state index is 5.02. The summed E-state index contributed by atoms with van der Waals surface area (Å²) < 4.78 is 4.55. The molecule has 0 radical (unpaired) electrons. The molecule has 0 saturated carbocycles. The van der Waals surface area contributed by atoms with Crippen LogP contribution >= 0.6 is 0 Å². The van der Waals surface area contributed by atoms with Crippen LogP contribution in [0.2, 0.25) is 0 Å². The zero-order valence-electron chi connectivity index (χ0n) is 24.6. The fraction of sp³-hybridized carbons (Fsp3) is 0.0250. The maximum absolute atomic E-state index is 5.02. The maximum Gasteiger partial charge on any atom is 0.238 e. The van der Waals surface area contributed by atoms with Crippen molar-refractivity contribution in [2.24, 2.45) is 0 Å². The van der Waals surface area contributed by atoms with Crippen LogP contribution in [0.15, 0.2) is 146 Å². The van der Waals surface area contributed by atoms with Gasteiger partial charge in [0.25, 0.3) is 0 Å². The summed E-state index contributed by atoms with van der Waals surface area (Å²) in [5, 5.41) is 4.84. The second-order valence-electron chi connectivity index (χ2n) is 11.3. The van der Waals surface area contributed by atoms with Crippen LogP contribution in [0.4, 0.5) is 0 Å². The molecule has 9 aromatic rings. The monoisotopic (exact) mass is 577 g/mol. The Kier molecular flexibility index (Phi) is 5.65. The molecule has 3 aromatic heterocycles. The SMILES string of the molecule is Cc1nc(-c2ccccc2)nc(-n2c3ccccc3c3cccc(-c4ccc(-n5c6ccccc6c6ccccc65)cc4)c32)n1. The number of hydrogen-bond acceptors (Lipinski definition) is 3. The number of rotatable bonds is 4. The number of hydrogen-bond donors (Lipinski definition) is 0. The van der Waals surface area contributed by atoms with Crippen LogP contribution in [-0.4, -0.2) is 24.1 Å². The van der Waals surface area contributed by atoms with Crippen molar-refractivity contribution in [1.82, 2.24) is 24.1 Å². The molecule has 0 atom stereocenters. The number of fused-ring (bicyclic) bond motifs is 6. The molecule has 0 aliphatic carbocycles. The third-order valence-corrected chi connectivity index (χ3v) is 8.68. The van der Waals surface area contributed by atoms with Gasteiger partial charge in [0.2, 0.25) is 5.95 Å². The van der Waals surface area contributed by atoms with Crippen molar-refractivity contribution in [3.63, 3.8) is 0 Å². The summed E-state index contributed by atoms with van der Waals surface area (Å²) in [5.41, 5.74) is 8.89. The van der Waals surface area contributed by atoms with E-state index >= 15 is 0 Å². The van der Waals surface area contributed by atoms with Crippen LogP contribution in [0, 0.1) is 6.92 Å². The van der Waals surface area contributed by atoms with Gasteiger partial charge in [-0.1, -0.05) is 115 Å². The summed E-state index contributed by atoms with van der Waals surface area (Å²) >= 11 is 0. The number of aryl methyl sites for hydroxylation is 1. The lowest BCUT2D eigenvalue weighted by Crippen LogP contribution is -2.06. The third-order valence-electron chi connectivity index (χ3n) is 8.68. The Bertz CT molecular complexity index is 2490. The molecule has 0 amide bonds. The fourth-order valence-corrected chi connectivity index (χ4v) is 6.73. The van der Waals surface area contributed by atoms with E-state index in [1.807, 2.05) is 37.3 Å². The summed E-state index contributed by atoms with van der Waals surface area (Å²) in [6.07, 6.45) is 0. The minimum absolute atomic E-state index is 0.613. The normalized spacial score (nSPS) is 11.7. The molecule has 0 bridgehead atoms. The molecule has 0 aliphatic heterocycles. The third kappa shape index (κ3) is 3.98. The van der Waals surface area contributed by atoms with E-state index in [1.165, 1.54) is 21.8 Å². The van der Waals surface area contributed by atoms with Gasteiger partial charge in [-0.05, 0) is 42.8 Å². The zero-order valence-corrected chi connectivity index (χ0v) is 24.6. The summed E-state index contributed by atoms with van der Waals surface area (Å²) in [6, 6.07) is 51.2. The van der Waals surface area contributed by atoms with Gasteiger partial charge in [-0.3, -0.25) is 4.57 Å². The van der Waals surface area contributed by atoms with Crippen molar-refractivity contribution < 1.29 is 0 Å². The summed E-state index contributed by atoms with van der Waals surface area (Å²) in [7, 11) is 0. The van der Waals surface area contributed by atoms with Crippen LogP contribution < -0.4 is 0 Å². The van der Waals surface area contributed by atoms with Gasteiger partial charge in [-0.2, -0.15) is 9.97 Å². The average molecular weight is 578 g/mol. The van der Waals surface area contributed by atoms with E-state index in [1.54, 1.807) is 0 Å². The topological polar surface area (TPSA) is 48.5 Å². The van der Waals surface area contributed by atoms with Crippen LogP contribution in [0.1, 0.15) is 5.82 Å². The van der Waals surface area contributed by atoms with Gasteiger partial charge in [0.05, 0.1) is 22.1 Å². The second kappa shape index (κ2) is 10.00. The second-order valence-corrected chi connectivity index (χ2v) is 11.3. The number of benzene rings is 6. The van der Waals surface area contributed by atoms with Crippen molar-refractivity contribution in [3.05, 3.63) is 151 Å². The first kappa shape index (κ1) is 25.4. The molecular weight excluding hydrogens is 550 g/mol. The van der Waals surface area contributed by atoms with E-state index in [4.69, 9.17) is 15.0 Å². The molecule has 9 rings (SSSR count). The first-order chi connectivity index (χ1) is 22.2. The Morgan fingerprint density at radius 1 is 0.422 bits per heavy atom. The molecule has 0 N–H and O–H groups in total. The Hall–Kier alpha value is -6.07. The Morgan fingerprint density at radius 2 is 0.978 bits per heavy atom. The Labute approximate surface area is 259 Å². The Morgan fingerprint density at radius 3 is 1.64 bits per heavy atom. The highest BCUT2D eigenvalue weighted by atomic mass is 15.2. The van der Waals surface area contributed by atoms with Crippen molar-refractivity contribution in [3.8, 4) is 34.2 Å². The van der Waals surface area contributed by atoms with Crippen molar-refractivity contribution in [1.29, 1.82) is 0 Å². The van der Waals surface area contributed by atoms with E-state index in [-0.39, 0.29) is 0 Å². The highest BCUT2D eigenvalue weighted by Crippen LogP contribution is 2.38. The predicted octanol–water partition coefficient (Wildman–Crippen LogP) is 9.71. The van der Waals surface area contributed by atoms with Crippen molar-refractivity contribution in [2.45, 2.75) is 6.92 Å². The fourth-order valence-electron chi connectivity index (χ4n) is 6.73. The molecule has 212 valence electrons. The average Bonchev–Trinajstić information content (AvgIpc) is 3.62. The quantitative estimate of drug-likeness (QED) is 0.209.